The molecule has 0 aromatic heterocycles. The Balaban J connectivity index is 1.87. The molecular formula is C14H26O5. The molecule has 0 aliphatic carbocycles. The number of aliphatic hydroxyl groups excluding tert-OH is 1. The van der Waals surface area contributed by atoms with Crippen molar-refractivity contribution in [3.63, 3.8) is 0 Å². The molecule has 1 spiro atoms. The third-order valence-electron chi connectivity index (χ3n) is 3.78. The Morgan fingerprint density at radius 1 is 1.05 bits per heavy atom. The highest BCUT2D eigenvalue weighted by Crippen LogP contribution is 2.35. The highest BCUT2D eigenvalue weighted by atomic mass is 16.7. The maximum absolute atomic E-state index is 9.33. The molecule has 2 rings (SSSR count). The minimum Gasteiger partial charge on any atom is -0.396 e. The van der Waals surface area contributed by atoms with Crippen LogP contribution in [0.5, 0.6) is 0 Å². The first kappa shape index (κ1) is 15.2. The van der Waals surface area contributed by atoms with Crippen LogP contribution in [0.2, 0.25) is 0 Å². The largest absolute Gasteiger partial charge is 0.396 e. The lowest BCUT2D eigenvalue weighted by molar-refractivity contribution is -0.327. The normalized spacial score (nSPS) is 36.9. The third-order valence-corrected chi connectivity index (χ3v) is 3.78. The molecule has 2 fully saturated rings. The lowest BCUT2D eigenvalue weighted by Gasteiger charge is -2.47. The van der Waals surface area contributed by atoms with E-state index in [-0.39, 0.29) is 24.6 Å². The molecule has 0 aromatic rings. The van der Waals surface area contributed by atoms with Gasteiger partial charge in [0.1, 0.15) is 0 Å². The summed E-state index contributed by atoms with van der Waals surface area (Å²) in [6, 6.07) is 0. The Morgan fingerprint density at radius 3 is 1.95 bits per heavy atom. The minimum atomic E-state index is -0.390. The van der Waals surface area contributed by atoms with Gasteiger partial charge in [-0.25, -0.2) is 0 Å². The maximum Gasteiger partial charge on any atom is 0.164 e. The van der Waals surface area contributed by atoms with E-state index in [1.54, 1.807) is 0 Å². The first-order valence-electron chi connectivity index (χ1n) is 6.96. The van der Waals surface area contributed by atoms with Crippen LogP contribution in [0.25, 0.3) is 0 Å². The van der Waals surface area contributed by atoms with Gasteiger partial charge in [0.05, 0.1) is 38.4 Å². The quantitative estimate of drug-likeness (QED) is 0.843. The average Bonchev–Trinajstić information content (AvgIpc) is 2.40. The predicted octanol–water partition coefficient (Wildman–Crippen LogP) is 1.39. The van der Waals surface area contributed by atoms with Crippen LogP contribution < -0.4 is 0 Å². The summed E-state index contributed by atoms with van der Waals surface area (Å²) in [7, 11) is 0. The molecule has 0 amide bonds. The molecule has 0 aromatic carbocycles. The van der Waals surface area contributed by atoms with Crippen molar-refractivity contribution in [2.45, 2.75) is 40.3 Å². The second-order valence-electron chi connectivity index (χ2n) is 6.84. The van der Waals surface area contributed by atoms with E-state index in [1.165, 1.54) is 0 Å². The van der Waals surface area contributed by atoms with Crippen molar-refractivity contribution >= 4 is 0 Å². The molecule has 19 heavy (non-hydrogen) atoms. The summed E-state index contributed by atoms with van der Waals surface area (Å²) in [4.78, 5) is 0. The van der Waals surface area contributed by atoms with Crippen LogP contribution >= 0.6 is 0 Å². The molecule has 0 saturated carbocycles. The van der Waals surface area contributed by atoms with Gasteiger partial charge in [0.2, 0.25) is 0 Å². The first-order valence-corrected chi connectivity index (χ1v) is 6.96. The van der Waals surface area contributed by atoms with E-state index in [1.807, 2.05) is 13.8 Å². The molecule has 0 atom stereocenters. The molecule has 5 nitrogen and oxygen atoms in total. The van der Waals surface area contributed by atoms with E-state index in [9.17, 15) is 5.11 Å². The predicted molar refractivity (Wildman–Crippen MR) is 69.5 cm³/mol. The van der Waals surface area contributed by atoms with E-state index in [2.05, 4.69) is 13.8 Å². The van der Waals surface area contributed by atoms with E-state index < -0.39 is 5.41 Å². The van der Waals surface area contributed by atoms with Crippen molar-refractivity contribution in [3.05, 3.63) is 0 Å². The van der Waals surface area contributed by atoms with Crippen molar-refractivity contribution in [2.24, 2.45) is 16.7 Å². The molecule has 2 aliphatic rings. The van der Waals surface area contributed by atoms with Gasteiger partial charge in [-0.1, -0.05) is 27.7 Å². The van der Waals surface area contributed by atoms with E-state index in [0.717, 1.165) is 0 Å². The molecule has 1 N–H and O–H groups in total. The molecule has 2 saturated heterocycles. The number of hydrogen-bond donors (Lipinski definition) is 1. The zero-order valence-corrected chi connectivity index (χ0v) is 12.3. The summed E-state index contributed by atoms with van der Waals surface area (Å²) in [5.41, 5.74) is -0.591. The monoisotopic (exact) mass is 274 g/mol. The van der Waals surface area contributed by atoms with Gasteiger partial charge in [-0.15, -0.1) is 0 Å². The molecule has 2 heterocycles. The fourth-order valence-corrected chi connectivity index (χ4v) is 2.28. The third kappa shape index (κ3) is 3.28. The Morgan fingerprint density at radius 2 is 1.53 bits per heavy atom. The second kappa shape index (κ2) is 5.66. The maximum atomic E-state index is 9.33. The van der Waals surface area contributed by atoms with Gasteiger partial charge in [0.15, 0.2) is 12.6 Å². The van der Waals surface area contributed by atoms with Crippen LogP contribution in [-0.4, -0.2) is 50.7 Å². The number of ether oxygens (including phenoxy) is 4. The van der Waals surface area contributed by atoms with Gasteiger partial charge in [0, 0.05) is 11.3 Å². The van der Waals surface area contributed by atoms with Gasteiger partial charge in [-0.3, -0.25) is 0 Å². The molecule has 0 radical (unpaired) electrons. The smallest absolute Gasteiger partial charge is 0.164 e. The van der Waals surface area contributed by atoms with Crippen molar-refractivity contribution in [2.75, 3.05) is 33.0 Å². The zero-order chi connectivity index (χ0) is 14.1. The summed E-state index contributed by atoms with van der Waals surface area (Å²) in [6.45, 7) is 10.3. The molecule has 0 unspecified atom stereocenters. The van der Waals surface area contributed by atoms with Gasteiger partial charge < -0.3 is 24.1 Å². The number of rotatable bonds is 3. The Kier molecular flexibility index (Phi) is 4.52. The Labute approximate surface area is 115 Å². The van der Waals surface area contributed by atoms with Crippen LogP contribution in [-0.2, 0) is 18.9 Å². The fourth-order valence-electron chi connectivity index (χ4n) is 2.28. The molecule has 112 valence electrons. The van der Waals surface area contributed by atoms with Crippen LogP contribution in [0.4, 0.5) is 0 Å². The molecule has 0 bridgehead atoms. The number of aliphatic hydroxyl groups is 1. The summed E-state index contributed by atoms with van der Waals surface area (Å²) >= 11 is 0. The Bertz CT molecular complexity index is 284. The summed E-state index contributed by atoms with van der Waals surface area (Å²) in [6.07, 6.45) is -0.497. The van der Waals surface area contributed by atoms with Gasteiger partial charge in [-0.2, -0.15) is 0 Å². The fraction of sp³-hybridized carbons (Fsp3) is 1.00. The van der Waals surface area contributed by atoms with Crippen molar-refractivity contribution < 1.29 is 24.1 Å². The first-order chi connectivity index (χ1) is 8.88. The lowest BCUT2D eigenvalue weighted by Crippen LogP contribution is -2.55. The van der Waals surface area contributed by atoms with E-state index in [0.29, 0.717) is 32.3 Å². The summed E-state index contributed by atoms with van der Waals surface area (Å²) in [5, 5.41) is 9.33. The minimum absolute atomic E-state index is 0.0348. The van der Waals surface area contributed by atoms with Gasteiger partial charge in [0.25, 0.3) is 0 Å². The van der Waals surface area contributed by atoms with Crippen LogP contribution in [0.15, 0.2) is 0 Å². The van der Waals surface area contributed by atoms with E-state index in [4.69, 9.17) is 18.9 Å². The average molecular weight is 274 g/mol. The second-order valence-corrected chi connectivity index (χ2v) is 6.84. The van der Waals surface area contributed by atoms with Crippen molar-refractivity contribution in [3.8, 4) is 0 Å². The van der Waals surface area contributed by atoms with E-state index >= 15 is 0 Å². The van der Waals surface area contributed by atoms with Crippen LogP contribution in [0.3, 0.4) is 0 Å². The molecule has 5 heteroatoms. The highest BCUT2D eigenvalue weighted by Gasteiger charge is 2.45. The highest BCUT2D eigenvalue weighted by molar-refractivity contribution is 4.87. The SMILES string of the molecule is CC(C)C1OCC2(CO1)COC(C(C)(C)CO)OC2. The molecule has 2 aliphatic heterocycles. The lowest BCUT2D eigenvalue weighted by atomic mass is 9.88. The van der Waals surface area contributed by atoms with Gasteiger partial charge in [-0.05, 0) is 0 Å². The topological polar surface area (TPSA) is 57.2 Å². The molecular weight excluding hydrogens is 248 g/mol. The van der Waals surface area contributed by atoms with Crippen LogP contribution in [0, 0.1) is 16.7 Å². The summed E-state index contributed by atoms with van der Waals surface area (Å²) in [5.74, 6) is 0.351. The Hall–Kier alpha value is -0.200. The standard InChI is InChI=1S/C14H26O5/c1-10(2)11-16-6-14(7-17-11)8-18-12(19-9-14)13(3,4)5-15/h10-12,15H,5-9H2,1-4H3. The zero-order valence-electron chi connectivity index (χ0n) is 12.3. The van der Waals surface area contributed by atoms with Crippen LogP contribution in [0.1, 0.15) is 27.7 Å². The van der Waals surface area contributed by atoms with Crippen molar-refractivity contribution in [1.82, 2.24) is 0 Å². The van der Waals surface area contributed by atoms with Gasteiger partial charge >= 0.3 is 0 Å². The van der Waals surface area contributed by atoms with Crippen molar-refractivity contribution in [1.29, 1.82) is 0 Å². The number of hydrogen-bond acceptors (Lipinski definition) is 5. The summed E-state index contributed by atoms with van der Waals surface area (Å²) < 4.78 is 23.1.